The van der Waals surface area contributed by atoms with Gasteiger partial charge in [-0.05, 0) is 22.4 Å². The molecule has 0 aliphatic heterocycles. The van der Waals surface area contributed by atoms with E-state index in [1.165, 1.54) is 0 Å². The molecule has 0 atom stereocenters. The minimum atomic E-state index is -0.612. The smallest absolute Gasteiger partial charge is 0.203 e. The number of benzene rings is 1. The van der Waals surface area contributed by atoms with E-state index < -0.39 is 11.5 Å². The number of ketones is 2. The highest BCUT2D eigenvalue weighted by Gasteiger charge is 2.14. The lowest BCUT2D eigenvalue weighted by Crippen LogP contribution is -2.11. The standard InChI is InChI=1S/C14H12O3S/c1-9(15)13(17)7-11(16)6-10-8-18-14-5-3-2-4-12(10)14/h2-5,8,15H,1,6-7H2. The zero-order valence-electron chi connectivity index (χ0n) is 9.68. The van der Waals surface area contributed by atoms with Crippen LogP contribution in [0.25, 0.3) is 10.1 Å². The number of allylic oxidation sites excluding steroid dienone is 1. The van der Waals surface area contributed by atoms with Crippen LogP contribution in [0.2, 0.25) is 0 Å². The first-order valence-corrected chi connectivity index (χ1v) is 6.34. The highest BCUT2D eigenvalue weighted by atomic mass is 32.1. The molecule has 0 saturated carbocycles. The Morgan fingerprint density at radius 2 is 2.00 bits per heavy atom. The van der Waals surface area contributed by atoms with Crippen molar-refractivity contribution in [2.45, 2.75) is 12.8 Å². The lowest BCUT2D eigenvalue weighted by Gasteiger charge is -1.99. The Hall–Kier alpha value is -1.94. The summed E-state index contributed by atoms with van der Waals surface area (Å²) in [5.41, 5.74) is 0.928. The lowest BCUT2D eigenvalue weighted by atomic mass is 10.0. The van der Waals surface area contributed by atoms with Gasteiger partial charge in [0.05, 0.1) is 6.42 Å². The van der Waals surface area contributed by atoms with Crippen LogP contribution in [-0.4, -0.2) is 16.7 Å². The van der Waals surface area contributed by atoms with E-state index in [0.717, 1.165) is 15.6 Å². The van der Waals surface area contributed by atoms with Gasteiger partial charge in [0.25, 0.3) is 0 Å². The second-order valence-corrected chi connectivity index (χ2v) is 4.93. The zero-order valence-corrected chi connectivity index (χ0v) is 10.5. The van der Waals surface area contributed by atoms with E-state index in [-0.39, 0.29) is 18.6 Å². The number of aliphatic hydroxyl groups excluding tert-OH is 1. The summed E-state index contributed by atoms with van der Waals surface area (Å²) in [6, 6.07) is 7.82. The molecule has 0 spiro atoms. The monoisotopic (exact) mass is 260 g/mol. The Bertz CT molecular complexity index is 625. The number of hydrogen-bond acceptors (Lipinski definition) is 4. The van der Waals surface area contributed by atoms with Gasteiger partial charge in [0, 0.05) is 11.1 Å². The van der Waals surface area contributed by atoms with Crippen molar-refractivity contribution < 1.29 is 14.7 Å². The van der Waals surface area contributed by atoms with Gasteiger partial charge < -0.3 is 5.11 Å². The highest BCUT2D eigenvalue weighted by Crippen LogP contribution is 2.26. The molecule has 1 aromatic heterocycles. The Kier molecular flexibility index (Phi) is 3.58. The molecule has 92 valence electrons. The lowest BCUT2D eigenvalue weighted by molar-refractivity contribution is -0.126. The second-order valence-electron chi connectivity index (χ2n) is 4.02. The third-order valence-electron chi connectivity index (χ3n) is 2.63. The maximum absolute atomic E-state index is 11.7. The maximum Gasteiger partial charge on any atom is 0.203 e. The van der Waals surface area contributed by atoms with Gasteiger partial charge in [-0.25, -0.2) is 0 Å². The molecule has 18 heavy (non-hydrogen) atoms. The van der Waals surface area contributed by atoms with Crippen molar-refractivity contribution in [1.29, 1.82) is 0 Å². The summed E-state index contributed by atoms with van der Waals surface area (Å²) in [6.45, 7) is 3.11. The summed E-state index contributed by atoms with van der Waals surface area (Å²) in [6.07, 6.45) is -0.0808. The topological polar surface area (TPSA) is 54.4 Å². The third kappa shape index (κ3) is 2.65. The number of Topliss-reactive ketones (excluding diaryl/α,β-unsaturated/α-hetero) is 2. The van der Waals surface area contributed by atoms with Crippen LogP contribution in [0.1, 0.15) is 12.0 Å². The SMILES string of the molecule is C=C(O)C(=O)CC(=O)Cc1csc2ccccc12. The van der Waals surface area contributed by atoms with E-state index in [4.69, 9.17) is 5.11 Å². The van der Waals surface area contributed by atoms with Crippen molar-refractivity contribution in [3.8, 4) is 0 Å². The van der Waals surface area contributed by atoms with Crippen molar-refractivity contribution in [3.05, 3.63) is 47.5 Å². The normalized spacial score (nSPS) is 10.4. The van der Waals surface area contributed by atoms with Crippen LogP contribution >= 0.6 is 11.3 Å². The van der Waals surface area contributed by atoms with Crippen molar-refractivity contribution in [3.63, 3.8) is 0 Å². The fourth-order valence-corrected chi connectivity index (χ4v) is 2.69. The number of aliphatic hydroxyl groups is 1. The van der Waals surface area contributed by atoms with Crippen molar-refractivity contribution >= 4 is 33.0 Å². The van der Waals surface area contributed by atoms with Crippen LogP contribution in [0.3, 0.4) is 0 Å². The van der Waals surface area contributed by atoms with E-state index in [0.29, 0.717) is 0 Å². The van der Waals surface area contributed by atoms with Gasteiger partial charge >= 0.3 is 0 Å². The van der Waals surface area contributed by atoms with Crippen molar-refractivity contribution in [2.75, 3.05) is 0 Å². The molecule has 2 rings (SSSR count). The van der Waals surface area contributed by atoms with Gasteiger partial charge in [0.1, 0.15) is 5.78 Å². The summed E-state index contributed by atoms with van der Waals surface area (Å²) >= 11 is 1.58. The number of carbonyl (C=O) groups excluding carboxylic acids is 2. The molecular weight excluding hydrogens is 248 g/mol. The number of carbonyl (C=O) groups is 2. The zero-order chi connectivity index (χ0) is 13.1. The summed E-state index contributed by atoms with van der Waals surface area (Å²) < 4.78 is 1.12. The molecule has 0 unspecified atom stereocenters. The van der Waals surface area contributed by atoms with E-state index in [1.54, 1.807) is 11.3 Å². The number of thiophene rings is 1. The molecule has 0 aliphatic carbocycles. The second kappa shape index (κ2) is 5.14. The van der Waals surface area contributed by atoms with Gasteiger partial charge in [-0.2, -0.15) is 0 Å². The predicted molar refractivity (Wildman–Crippen MR) is 71.9 cm³/mol. The highest BCUT2D eigenvalue weighted by molar-refractivity contribution is 7.17. The van der Waals surface area contributed by atoms with Gasteiger partial charge in [-0.15, -0.1) is 11.3 Å². The quantitative estimate of drug-likeness (QED) is 0.510. The molecule has 0 aliphatic rings. The van der Waals surface area contributed by atoms with Crippen LogP contribution < -0.4 is 0 Å². The summed E-state index contributed by atoms with van der Waals surface area (Å²) in [5, 5.41) is 11.9. The Morgan fingerprint density at radius 3 is 2.72 bits per heavy atom. The predicted octanol–water partition coefficient (Wildman–Crippen LogP) is 3.04. The number of fused-ring (bicyclic) bond motifs is 1. The van der Waals surface area contributed by atoms with Crippen molar-refractivity contribution in [1.82, 2.24) is 0 Å². The minimum absolute atomic E-state index is 0.209. The molecule has 1 N–H and O–H groups in total. The average molecular weight is 260 g/mol. The molecular formula is C14H12O3S. The first-order valence-electron chi connectivity index (χ1n) is 5.46. The fourth-order valence-electron chi connectivity index (χ4n) is 1.73. The Morgan fingerprint density at radius 1 is 1.28 bits per heavy atom. The Labute approximate surface area is 108 Å². The molecule has 0 fully saturated rings. The molecule has 0 saturated heterocycles. The number of hydrogen-bond donors (Lipinski definition) is 1. The molecule has 1 aromatic carbocycles. The molecule has 2 aromatic rings. The first-order chi connectivity index (χ1) is 8.58. The van der Waals surface area contributed by atoms with Crippen LogP contribution in [-0.2, 0) is 16.0 Å². The van der Waals surface area contributed by atoms with Gasteiger partial charge in [0.2, 0.25) is 5.78 Å². The largest absolute Gasteiger partial charge is 0.505 e. The Balaban J connectivity index is 2.12. The minimum Gasteiger partial charge on any atom is -0.505 e. The third-order valence-corrected chi connectivity index (χ3v) is 3.64. The summed E-state index contributed by atoms with van der Waals surface area (Å²) in [4.78, 5) is 22.9. The van der Waals surface area contributed by atoms with Crippen LogP contribution in [0, 0.1) is 0 Å². The summed E-state index contributed by atoms with van der Waals surface area (Å²) in [7, 11) is 0. The van der Waals surface area contributed by atoms with Gasteiger partial charge in [0.15, 0.2) is 5.76 Å². The van der Waals surface area contributed by atoms with E-state index in [9.17, 15) is 9.59 Å². The average Bonchev–Trinajstić information content (AvgIpc) is 2.72. The number of rotatable bonds is 5. The molecule has 1 heterocycles. The first kappa shape index (κ1) is 12.5. The molecule has 0 radical (unpaired) electrons. The van der Waals surface area contributed by atoms with Crippen LogP contribution in [0.5, 0.6) is 0 Å². The van der Waals surface area contributed by atoms with Crippen molar-refractivity contribution in [2.24, 2.45) is 0 Å². The van der Waals surface area contributed by atoms with E-state index >= 15 is 0 Å². The maximum atomic E-state index is 11.7. The van der Waals surface area contributed by atoms with Gasteiger partial charge in [-0.1, -0.05) is 24.8 Å². The molecule has 0 amide bonds. The molecule has 3 nitrogen and oxygen atoms in total. The van der Waals surface area contributed by atoms with Gasteiger partial charge in [-0.3, -0.25) is 9.59 Å². The van der Waals surface area contributed by atoms with Crippen LogP contribution in [0.15, 0.2) is 42.0 Å². The summed E-state index contributed by atoms with van der Waals surface area (Å²) in [5.74, 6) is -1.38. The molecule has 4 heteroatoms. The van der Waals surface area contributed by atoms with E-state index in [1.807, 2.05) is 29.6 Å². The van der Waals surface area contributed by atoms with Crippen LogP contribution in [0.4, 0.5) is 0 Å². The fraction of sp³-hybridized carbons (Fsp3) is 0.143. The van der Waals surface area contributed by atoms with E-state index in [2.05, 4.69) is 6.58 Å². The molecule has 0 bridgehead atoms.